The molecular formula is C10H12O4S. The van der Waals surface area contributed by atoms with E-state index in [1.807, 2.05) is 17.5 Å². The van der Waals surface area contributed by atoms with Crippen LogP contribution in [0.25, 0.3) is 0 Å². The molecule has 1 rings (SSSR count). The third-order valence-electron chi connectivity index (χ3n) is 1.85. The number of hydrogen-bond acceptors (Lipinski definition) is 5. The Hall–Kier alpha value is -1.36. The number of ether oxygens (including phenoxy) is 2. The fourth-order valence-corrected chi connectivity index (χ4v) is 1.55. The minimum atomic E-state index is -0.866. The highest BCUT2D eigenvalue weighted by Gasteiger charge is 2.23. The van der Waals surface area contributed by atoms with Crippen LogP contribution < -0.4 is 0 Å². The molecule has 0 aliphatic rings. The van der Waals surface area contributed by atoms with Gasteiger partial charge in [0.2, 0.25) is 0 Å². The van der Waals surface area contributed by atoms with Gasteiger partial charge in [0.1, 0.15) is 6.61 Å². The number of esters is 2. The van der Waals surface area contributed by atoms with Crippen molar-refractivity contribution >= 4 is 23.3 Å². The largest absolute Gasteiger partial charge is 0.468 e. The molecule has 1 unspecified atom stereocenters. The number of methoxy groups -OCH3 is 1. The lowest BCUT2D eigenvalue weighted by molar-refractivity contribution is -0.160. The van der Waals surface area contributed by atoms with Crippen molar-refractivity contribution in [3.05, 3.63) is 22.4 Å². The molecule has 0 fully saturated rings. The fourth-order valence-electron chi connectivity index (χ4n) is 0.935. The topological polar surface area (TPSA) is 52.6 Å². The highest BCUT2D eigenvalue weighted by atomic mass is 32.1. The highest BCUT2D eigenvalue weighted by Crippen LogP contribution is 2.11. The summed E-state index contributed by atoms with van der Waals surface area (Å²) in [5.74, 6) is -2.00. The van der Waals surface area contributed by atoms with Crippen molar-refractivity contribution in [2.24, 2.45) is 5.92 Å². The lowest BCUT2D eigenvalue weighted by Crippen LogP contribution is -2.24. The van der Waals surface area contributed by atoms with Gasteiger partial charge in [0.15, 0.2) is 5.92 Å². The van der Waals surface area contributed by atoms with Gasteiger partial charge in [-0.25, -0.2) is 0 Å². The monoisotopic (exact) mass is 228 g/mol. The van der Waals surface area contributed by atoms with Gasteiger partial charge in [-0.3, -0.25) is 9.59 Å². The Bertz CT molecular complexity index is 331. The maximum atomic E-state index is 11.3. The summed E-state index contributed by atoms with van der Waals surface area (Å²) in [6.07, 6.45) is 0. The van der Waals surface area contributed by atoms with Crippen molar-refractivity contribution < 1.29 is 19.1 Å². The number of carbonyl (C=O) groups is 2. The van der Waals surface area contributed by atoms with Gasteiger partial charge in [-0.05, 0) is 18.4 Å². The second kappa shape index (κ2) is 5.50. The van der Waals surface area contributed by atoms with Crippen LogP contribution in [0.2, 0.25) is 0 Å². The smallest absolute Gasteiger partial charge is 0.320 e. The Morgan fingerprint density at radius 3 is 2.73 bits per heavy atom. The Balaban J connectivity index is 2.39. The number of carbonyl (C=O) groups excluding carboxylic acids is 2. The van der Waals surface area contributed by atoms with E-state index in [-0.39, 0.29) is 6.61 Å². The van der Waals surface area contributed by atoms with E-state index in [0.717, 1.165) is 4.88 Å². The van der Waals surface area contributed by atoms with Crippen LogP contribution in [0.3, 0.4) is 0 Å². The summed E-state index contributed by atoms with van der Waals surface area (Å²) in [5, 5.41) is 1.90. The van der Waals surface area contributed by atoms with Gasteiger partial charge >= 0.3 is 11.9 Å². The van der Waals surface area contributed by atoms with Crippen LogP contribution in [0.1, 0.15) is 11.8 Å². The second-order valence-electron chi connectivity index (χ2n) is 2.93. The Morgan fingerprint density at radius 2 is 2.20 bits per heavy atom. The molecular weight excluding hydrogens is 216 g/mol. The van der Waals surface area contributed by atoms with Crippen LogP contribution in [0.4, 0.5) is 0 Å². The van der Waals surface area contributed by atoms with E-state index < -0.39 is 17.9 Å². The van der Waals surface area contributed by atoms with Crippen LogP contribution >= 0.6 is 11.3 Å². The molecule has 0 saturated carbocycles. The van der Waals surface area contributed by atoms with Crippen LogP contribution in [0.5, 0.6) is 0 Å². The van der Waals surface area contributed by atoms with Gasteiger partial charge in [-0.15, -0.1) is 11.3 Å². The molecule has 1 atom stereocenters. The van der Waals surface area contributed by atoms with Crippen molar-refractivity contribution in [2.45, 2.75) is 13.5 Å². The Labute approximate surface area is 91.8 Å². The molecule has 15 heavy (non-hydrogen) atoms. The molecule has 0 saturated heterocycles. The minimum absolute atomic E-state index is 0.206. The molecule has 0 aromatic carbocycles. The molecule has 0 aliphatic carbocycles. The summed E-state index contributed by atoms with van der Waals surface area (Å²) in [4.78, 5) is 23.3. The summed E-state index contributed by atoms with van der Waals surface area (Å²) < 4.78 is 9.37. The van der Waals surface area contributed by atoms with E-state index >= 15 is 0 Å². The lowest BCUT2D eigenvalue weighted by Gasteiger charge is -2.08. The molecule has 0 amide bonds. The average Bonchev–Trinajstić information content (AvgIpc) is 2.76. The molecule has 4 nitrogen and oxygen atoms in total. The van der Waals surface area contributed by atoms with Crippen LogP contribution in [-0.4, -0.2) is 19.0 Å². The summed E-state index contributed by atoms with van der Waals surface area (Å²) in [5.41, 5.74) is 0. The van der Waals surface area contributed by atoms with Crippen LogP contribution in [-0.2, 0) is 25.7 Å². The first-order valence-electron chi connectivity index (χ1n) is 4.42. The normalized spacial score (nSPS) is 11.9. The van der Waals surface area contributed by atoms with E-state index in [1.165, 1.54) is 25.4 Å². The Kier molecular flexibility index (Phi) is 4.30. The summed E-state index contributed by atoms with van der Waals surface area (Å²) in [6.45, 7) is 1.67. The first-order valence-corrected chi connectivity index (χ1v) is 5.30. The standard InChI is InChI=1S/C10H12O4S/c1-7(9(11)13-2)10(12)14-6-8-4-3-5-15-8/h3-5,7H,6H2,1-2H3. The average molecular weight is 228 g/mol. The van der Waals surface area contributed by atoms with E-state index in [4.69, 9.17) is 4.74 Å². The van der Waals surface area contributed by atoms with E-state index in [0.29, 0.717) is 0 Å². The van der Waals surface area contributed by atoms with Crippen molar-refractivity contribution in [1.29, 1.82) is 0 Å². The SMILES string of the molecule is COC(=O)C(C)C(=O)OCc1cccs1. The predicted octanol–water partition coefficient (Wildman–Crippen LogP) is 1.60. The third-order valence-corrected chi connectivity index (χ3v) is 2.69. The van der Waals surface area contributed by atoms with Gasteiger partial charge in [0, 0.05) is 4.88 Å². The molecule has 1 aromatic heterocycles. The van der Waals surface area contributed by atoms with Crippen molar-refractivity contribution in [3.63, 3.8) is 0 Å². The second-order valence-corrected chi connectivity index (χ2v) is 3.96. The van der Waals surface area contributed by atoms with E-state index in [9.17, 15) is 9.59 Å². The zero-order valence-electron chi connectivity index (χ0n) is 8.56. The summed E-state index contributed by atoms with van der Waals surface area (Å²) >= 11 is 1.50. The van der Waals surface area contributed by atoms with Crippen molar-refractivity contribution in [1.82, 2.24) is 0 Å². The van der Waals surface area contributed by atoms with Gasteiger partial charge in [0.25, 0.3) is 0 Å². The number of hydrogen-bond donors (Lipinski definition) is 0. The minimum Gasteiger partial charge on any atom is -0.468 e. The van der Waals surface area contributed by atoms with Gasteiger partial charge in [0.05, 0.1) is 7.11 Å². The van der Waals surface area contributed by atoms with Crippen LogP contribution in [0, 0.1) is 5.92 Å². The highest BCUT2D eigenvalue weighted by molar-refractivity contribution is 7.09. The summed E-state index contributed by atoms with van der Waals surface area (Å²) in [7, 11) is 1.24. The lowest BCUT2D eigenvalue weighted by atomic mass is 10.2. The van der Waals surface area contributed by atoms with E-state index in [1.54, 1.807) is 0 Å². The quantitative estimate of drug-likeness (QED) is 0.580. The van der Waals surface area contributed by atoms with E-state index in [2.05, 4.69) is 4.74 Å². The van der Waals surface area contributed by atoms with Crippen LogP contribution in [0.15, 0.2) is 17.5 Å². The first kappa shape index (κ1) is 11.7. The van der Waals surface area contributed by atoms with Gasteiger partial charge < -0.3 is 9.47 Å². The van der Waals surface area contributed by atoms with Crippen molar-refractivity contribution in [3.8, 4) is 0 Å². The molecule has 0 spiro atoms. The zero-order chi connectivity index (χ0) is 11.3. The van der Waals surface area contributed by atoms with Gasteiger partial charge in [-0.1, -0.05) is 6.07 Å². The molecule has 0 radical (unpaired) electrons. The molecule has 0 aliphatic heterocycles. The number of rotatable bonds is 4. The molecule has 5 heteroatoms. The summed E-state index contributed by atoms with van der Waals surface area (Å²) in [6, 6.07) is 3.73. The zero-order valence-corrected chi connectivity index (χ0v) is 9.37. The van der Waals surface area contributed by atoms with Gasteiger partial charge in [-0.2, -0.15) is 0 Å². The molecule has 1 aromatic rings. The molecule has 82 valence electrons. The molecule has 1 heterocycles. The first-order chi connectivity index (χ1) is 7.15. The third kappa shape index (κ3) is 3.36. The maximum Gasteiger partial charge on any atom is 0.320 e. The maximum absolute atomic E-state index is 11.3. The molecule has 0 N–H and O–H groups in total. The van der Waals surface area contributed by atoms with Crippen molar-refractivity contribution in [2.75, 3.05) is 7.11 Å². The fraction of sp³-hybridized carbons (Fsp3) is 0.400. The molecule has 0 bridgehead atoms. The predicted molar refractivity (Wildman–Crippen MR) is 55.3 cm³/mol. The number of thiophene rings is 1. The Morgan fingerprint density at radius 1 is 1.47 bits per heavy atom.